The van der Waals surface area contributed by atoms with Crippen LogP contribution in [-0.2, 0) is 10.0 Å². The van der Waals surface area contributed by atoms with Crippen molar-refractivity contribution in [1.82, 2.24) is 0 Å². The van der Waals surface area contributed by atoms with E-state index >= 15 is 0 Å². The number of aryl methyl sites for hydroxylation is 1. The molecule has 1 N–H and O–H groups in total. The number of halogens is 1. The molecule has 2 rings (SSSR count). The zero-order chi connectivity index (χ0) is 13.2. The zero-order valence-electron chi connectivity index (χ0n) is 9.72. The van der Waals surface area contributed by atoms with Crippen LogP contribution in [0.4, 0.5) is 5.69 Å². The lowest BCUT2D eigenvalue weighted by Crippen LogP contribution is -2.13. The van der Waals surface area contributed by atoms with E-state index in [0.717, 1.165) is 5.56 Å². The van der Waals surface area contributed by atoms with Crippen LogP contribution < -0.4 is 4.72 Å². The van der Waals surface area contributed by atoms with Gasteiger partial charge in [0.2, 0.25) is 0 Å². The van der Waals surface area contributed by atoms with Gasteiger partial charge in [0.15, 0.2) is 0 Å². The van der Waals surface area contributed by atoms with E-state index < -0.39 is 10.0 Å². The highest BCUT2D eigenvalue weighted by atomic mass is 35.5. The minimum Gasteiger partial charge on any atom is -0.278 e. The molecular formula is C13H12ClNO2S. The summed E-state index contributed by atoms with van der Waals surface area (Å²) >= 11 is 5.96. The third-order valence-corrected chi connectivity index (χ3v) is 4.13. The average molecular weight is 282 g/mol. The topological polar surface area (TPSA) is 46.2 Å². The molecule has 0 aliphatic heterocycles. The Morgan fingerprint density at radius 3 is 2.39 bits per heavy atom. The van der Waals surface area contributed by atoms with Gasteiger partial charge < -0.3 is 0 Å². The molecule has 0 unspecified atom stereocenters. The van der Waals surface area contributed by atoms with Gasteiger partial charge in [0, 0.05) is 0 Å². The van der Waals surface area contributed by atoms with Gasteiger partial charge in [-0.1, -0.05) is 35.9 Å². The van der Waals surface area contributed by atoms with Crippen molar-refractivity contribution in [3.8, 4) is 0 Å². The van der Waals surface area contributed by atoms with E-state index in [0.29, 0.717) is 10.7 Å². The standard InChI is InChI=1S/C13H12ClNO2S/c1-10-7-8-12(14)13(9-10)15-18(16,17)11-5-3-2-4-6-11/h2-9,15H,1H3. The van der Waals surface area contributed by atoms with Gasteiger partial charge >= 0.3 is 0 Å². The van der Waals surface area contributed by atoms with E-state index in [1.807, 2.05) is 13.0 Å². The summed E-state index contributed by atoms with van der Waals surface area (Å²) < 4.78 is 26.7. The van der Waals surface area contributed by atoms with Crippen LogP contribution in [0.15, 0.2) is 53.4 Å². The predicted octanol–water partition coefficient (Wildman–Crippen LogP) is 3.45. The van der Waals surface area contributed by atoms with E-state index in [-0.39, 0.29) is 4.90 Å². The van der Waals surface area contributed by atoms with Crippen LogP contribution in [0.3, 0.4) is 0 Å². The number of rotatable bonds is 3. The first kappa shape index (κ1) is 12.9. The Morgan fingerprint density at radius 1 is 1.06 bits per heavy atom. The molecule has 2 aromatic carbocycles. The maximum Gasteiger partial charge on any atom is 0.261 e. The maximum absolute atomic E-state index is 12.1. The Morgan fingerprint density at radius 2 is 1.72 bits per heavy atom. The molecule has 0 fully saturated rings. The number of nitrogens with one attached hydrogen (secondary N) is 1. The summed E-state index contributed by atoms with van der Waals surface area (Å²) in [7, 11) is -3.59. The fraction of sp³-hybridized carbons (Fsp3) is 0.0769. The summed E-state index contributed by atoms with van der Waals surface area (Å²) in [5, 5.41) is 0.375. The van der Waals surface area contributed by atoms with E-state index in [4.69, 9.17) is 11.6 Å². The third-order valence-electron chi connectivity index (χ3n) is 2.42. The molecule has 0 spiro atoms. The average Bonchev–Trinajstić information content (AvgIpc) is 2.35. The van der Waals surface area contributed by atoms with E-state index in [1.54, 1.807) is 30.3 Å². The van der Waals surface area contributed by atoms with Gasteiger partial charge in [0.1, 0.15) is 0 Å². The van der Waals surface area contributed by atoms with Crippen molar-refractivity contribution < 1.29 is 8.42 Å². The van der Waals surface area contributed by atoms with Gasteiger partial charge in [-0.15, -0.1) is 0 Å². The molecule has 0 saturated carbocycles. The van der Waals surface area contributed by atoms with Crippen molar-refractivity contribution in [1.29, 1.82) is 0 Å². The first-order valence-corrected chi connectivity index (χ1v) is 7.19. The highest BCUT2D eigenvalue weighted by Gasteiger charge is 2.14. The summed E-state index contributed by atoms with van der Waals surface area (Å²) in [5.41, 5.74) is 1.32. The number of sulfonamides is 1. The van der Waals surface area contributed by atoms with Crippen molar-refractivity contribution in [3.63, 3.8) is 0 Å². The van der Waals surface area contributed by atoms with Gasteiger partial charge in [0.25, 0.3) is 10.0 Å². The molecule has 0 radical (unpaired) electrons. The minimum absolute atomic E-state index is 0.211. The van der Waals surface area contributed by atoms with E-state index in [1.165, 1.54) is 12.1 Å². The monoisotopic (exact) mass is 281 g/mol. The van der Waals surface area contributed by atoms with Crippen molar-refractivity contribution in [2.45, 2.75) is 11.8 Å². The molecule has 0 amide bonds. The minimum atomic E-state index is -3.59. The van der Waals surface area contributed by atoms with Crippen molar-refractivity contribution >= 4 is 27.3 Å². The highest BCUT2D eigenvalue weighted by molar-refractivity contribution is 7.92. The van der Waals surface area contributed by atoms with Crippen LogP contribution in [0.1, 0.15) is 5.56 Å². The predicted molar refractivity (Wildman–Crippen MR) is 73.4 cm³/mol. The lowest BCUT2D eigenvalue weighted by molar-refractivity contribution is 0.601. The number of benzene rings is 2. The molecule has 0 heterocycles. The Balaban J connectivity index is 2.37. The molecule has 0 aromatic heterocycles. The van der Waals surface area contributed by atoms with Crippen LogP contribution in [-0.4, -0.2) is 8.42 Å². The van der Waals surface area contributed by atoms with Gasteiger partial charge in [-0.2, -0.15) is 0 Å². The summed E-state index contributed by atoms with van der Waals surface area (Å²) in [6, 6.07) is 13.4. The van der Waals surface area contributed by atoms with Crippen LogP contribution in [0.5, 0.6) is 0 Å². The third kappa shape index (κ3) is 2.83. The fourth-order valence-electron chi connectivity index (χ4n) is 1.52. The summed E-state index contributed by atoms with van der Waals surface area (Å²) in [6.07, 6.45) is 0. The second kappa shape index (κ2) is 5.00. The van der Waals surface area contributed by atoms with Gasteiger partial charge in [0.05, 0.1) is 15.6 Å². The van der Waals surface area contributed by atoms with E-state index in [9.17, 15) is 8.42 Å². The molecule has 0 saturated heterocycles. The summed E-state index contributed by atoms with van der Waals surface area (Å²) in [5.74, 6) is 0. The quantitative estimate of drug-likeness (QED) is 0.937. The Kier molecular flexibility index (Phi) is 3.59. The Labute approximate surface area is 111 Å². The Bertz CT molecular complexity index is 654. The molecular weight excluding hydrogens is 270 g/mol. The van der Waals surface area contributed by atoms with Gasteiger partial charge in [-0.05, 0) is 36.8 Å². The summed E-state index contributed by atoms with van der Waals surface area (Å²) in [6.45, 7) is 1.87. The van der Waals surface area contributed by atoms with Crippen LogP contribution in [0.2, 0.25) is 5.02 Å². The maximum atomic E-state index is 12.1. The van der Waals surface area contributed by atoms with E-state index in [2.05, 4.69) is 4.72 Å². The lowest BCUT2D eigenvalue weighted by atomic mass is 10.2. The second-order valence-corrected chi connectivity index (χ2v) is 5.99. The molecule has 2 aromatic rings. The van der Waals surface area contributed by atoms with Gasteiger partial charge in [-0.3, -0.25) is 4.72 Å². The van der Waals surface area contributed by atoms with Crippen LogP contribution >= 0.6 is 11.6 Å². The molecule has 0 bridgehead atoms. The number of hydrogen-bond acceptors (Lipinski definition) is 2. The molecule has 0 aliphatic carbocycles. The highest BCUT2D eigenvalue weighted by Crippen LogP contribution is 2.25. The molecule has 3 nitrogen and oxygen atoms in total. The Hall–Kier alpha value is -1.52. The SMILES string of the molecule is Cc1ccc(Cl)c(NS(=O)(=O)c2ccccc2)c1. The van der Waals surface area contributed by atoms with Crippen molar-refractivity contribution in [2.24, 2.45) is 0 Å². The molecule has 94 valence electrons. The molecule has 5 heteroatoms. The fourth-order valence-corrected chi connectivity index (χ4v) is 2.83. The van der Waals surface area contributed by atoms with Crippen molar-refractivity contribution in [3.05, 3.63) is 59.1 Å². The lowest BCUT2D eigenvalue weighted by Gasteiger charge is -2.10. The first-order valence-electron chi connectivity index (χ1n) is 5.33. The number of hydrogen-bond donors (Lipinski definition) is 1. The molecule has 0 atom stereocenters. The number of anilines is 1. The van der Waals surface area contributed by atoms with Crippen LogP contribution in [0, 0.1) is 6.92 Å². The second-order valence-electron chi connectivity index (χ2n) is 3.90. The first-order chi connectivity index (χ1) is 8.49. The smallest absolute Gasteiger partial charge is 0.261 e. The zero-order valence-corrected chi connectivity index (χ0v) is 11.3. The molecule has 0 aliphatic rings. The van der Waals surface area contributed by atoms with Crippen LogP contribution in [0.25, 0.3) is 0 Å². The summed E-state index contributed by atoms with van der Waals surface area (Å²) in [4.78, 5) is 0.211. The normalized spacial score (nSPS) is 11.2. The largest absolute Gasteiger partial charge is 0.278 e. The van der Waals surface area contributed by atoms with Gasteiger partial charge in [-0.25, -0.2) is 8.42 Å². The molecule has 18 heavy (non-hydrogen) atoms. The van der Waals surface area contributed by atoms with Crippen molar-refractivity contribution in [2.75, 3.05) is 4.72 Å².